The van der Waals surface area contributed by atoms with Crippen LogP contribution in [0.25, 0.3) is 0 Å². The lowest BCUT2D eigenvalue weighted by Gasteiger charge is -2.27. The van der Waals surface area contributed by atoms with Gasteiger partial charge in [0.05, 0.1) is 0 Å². The van der Waals surface area contributed by atoms with Crippen molar-refractivity contribution in [3.8, 4) is 0 Å². The molecule has 1 heterocycles. The van der Waals surface area contributed by atoms with Crippen LogP contribution in [0.4, 0.5) is 0 Å². The van der Waals surface area contributed by atoms with Gasteiger partial charge in [0.15, 0.2) is 5.82 Å². The van der Waals surface area contributed by atoms with Crippen LogP contribution in [0.2, 0.25) is 0 Å². The first-order valence-electron chi connectivity index (χ1n) is 6.65. The van der Waals surface area contributed by atoms with E-state index in [-0.39, 0.29) is 6.04 Å². The first-order valence-corrected chi connectivity index (χ1v) is 6.65. The van der Waals surface area contributed by atoms with E-state index < -0.39 is 5.60 Å². The number of nitrogens with zero attached hydrogens (tertiary/aromatic N) is 2. The van der Waals surface area contributed by atoms with Crippen molar-refractivity contribution in [1.29, 1.82) is 0 Å². The Morgan fingerprint density at radius 1 is 1.39 bits per heavy atom. The zero-order valence-corrected chi connectivity index (χ0v) is 12.2. The molecule has 0 fully saturated rings. The van der Waals surface area contributed by atoms with E-state index in [0.29, 0.717) is 6.61 Å². The third-order valence-corrected chi connectivity index (χ3v) is 3.05. The predicted molar refractivity (Wildman–Crippen MR) is 73.4 cm³/mol. The fourth-order valence-corrected chi connectivity index (χ4v) is 1.95. The molecule has 102 valence electrons. The summed E-state index contributed by atoms with van der Waals surface area (Å²) in [5.74, 6) is 0.766. The normalized spacial score (nSPS) is 16.3. The average molecular weight is 251 g/mol. The number of aryl methyl sites for hydroxylation is 1. The maximum Gasteiger partial charge on any atom is 0.160 e. The van der Waals surface area contributed by atoms with Gasteiger partial charge in [0.2, 0.25) is 0 Å². The summed E-state index contributed by atoms with van der Waals surface area (Å²) in [6.07, 6.45) is 1.62. The van der Waals surface area contributed by atoms with Crippen LogP contribution < -0.4 is 5.73 Å². The van der Waals surface area contributed by atoms with Crippen molar-refractivity contribution in [2.45, 2.75) is 59.1 Å². The topological polar surface area (TPSA) is 61.0 Å². The zero-order valence-electron chi connectivity index (χ0n) is 12.2. The SMILES string of the molecule is CCOC(C)(CC)c1nc(C)cc(CC(C)N)n1. The lowest BCUT2D eigenvalue weighted by molar-refractivity contribution is -0.0393. The van der Waals surface area contributed by atoms with Gasteiger partial charge in [0, 0.05) is 30.5 Å². The van der Waals surface area contributed by atoms with Crippen LogP contribution in [-0.2, 0) is 16.8 Å². The second-order valence-corrected chi connectivity index (χ2v) is 5.02. The van der Waals surface area contributed by atoms with Crippen molar-refractivity contribution in [3.63, 3.8) is 0 Å². The number of rotatable bonds is 6. The Bertz CT molecular complexity index is 393. The number of ether oxygens (including phenoxy) is 1. The van der Waals surface area contributed by atoms with Gasteiger partial charge in [-0.3, -0.25) is 0 Å². The van der Waals surface area contributed by atoms with Gasteiger partial charge in [-0.15, -0.1) is 0 Å². The minimum Gasteiger partial charge on any atom is -0.368 e. The Kier molecular flexibility index (Phi) is 5.23. The van der Waals surface area contributed by atoms with E-state index in [9.17, 15) is 0 Å². The fourth-order valence-electron chi connectivity index (χ4n) is 1.95. The van der Waals surface area contributed by atoms with E-state index >= 15 is 0 Å². The predicted octanol–water partition coefficient (Wildman–Crippen LogP) is 2.34. The summed E-state index contributed by atoms with van der Waals surface area (Å²) in [6.45, 7) is 10.8. The highest BCUT2D eigenvalue weighted by molar-refractivity contribution is 5.14. The Labute approximate surface area is 110 Å². The molecule has 2 N–H and O–H groups in total. The molecule has 4 nitrogen and oxygen atoms in total. The smallest absolute Gasteiger partial charge is 0.160 e. The molecule has 0 aliphatic heterocycles. The summed E-state index contributed by atoms with van der Waals surface area (Å²) in [6, 6.07) is 2.10. The van der Waals surface area contributed by atoms with Gasteiger partial charge < -0.3 is 10.5 Å². The lowest BCUT2D eigenvalue weighted by Crippen LogP contribution is -2.29. The summed E-state index contributed by atoms with van der Waals surface area (Å²) in [7, 11) is 0. The molecular weight excluding hydrogens is 226 g/mol. The van der Waals surface area contributed by atoms with Crippen molar-refractivity contribution in [1.82, 2.24) is 9.97 Å². The molecule has 0 aliphatic carbocycles. The van der Waals surface area contributed by atoms with Crippen LogP contribution in [0.5, 0.6) is 0 Å². The molecule has 2 atom stereocenters. The standard InChI is InChI=1S/C14H25N3O/c1-6-14(5,18-7-2)13-16-11(4)9-12(17-13)8-10(3)15/h9-10H,6-8,15H2,1-5H3. The molecular formula is C14H25N3O. The van der Waals surface area contributed by atoms with Crippen molar-refractivity contribution >= 4 is 0 Å². The Morgan fingerprint density at radius 3 is 2.56 bits per heavy atom. The number of aromatic nitrogens is 2. The minimum absolute atomic E-state index is 0.104. The summed E-state index contributed by atoms with van der Waals surface area (Å²) in [5, 5.41) is 0. The van der Waals surface area contributed by atoms with Crippen LogP contribution >= 0.6 is 0 Å². The van der Waals surface area contributed by atoms with Crippen LogP contribution in [0, 0.1) is 6.92 Å². The number of nitrogens with two attached hydrogens (primary N) is 1. The molecule has 0 radical (unpaired) electrons. The van der Waals surface area contributed by atoms with E-state index in [0.717, 1.165) is 30.1 Å². The Morgan fingerprint density at radius 2 is 2.06 bits per heavy atom. The quantitative estimate of drug-likeness (QED) is 0.843. The van der Waals surface area contributed by atoms with Crippen LogP contribution in [-0.4, -0.2) is 22.6 Å². The van der Waals surface area contributed by atoms with Crippen molar-refractivity contribution in [3.05, 3.63) is 23.3 Å². The molecule has 1 rings (SSSR count). The first-order chi connectivity index (χ1) is 8.41. The molecule has 18 heavy (non-hydrogen) atoms. The number of hydrogen-bond donors (Lipinski definition) is 1. The molecule has 0 aromatic carbocycles. The third-order valence-electron chi connectivity index (χ3n) is 3.05. The van der Waals surface area contributed by atoms with Gasteiger partial charge in [-0.25, -0.2) is 9.97 Å². The monoisotopic (exact) mass is 251 g/mol. The van der Waals surface area contributed by atoms with Crippen molar-refractivity contribution in [2.24, 2.45) is 5.73 Å². The highest BCUT2D eigenvalue weighted by atomic mass is 16.5. The molecule has 1 aromatic heterocycles. The highest BCUT2D eigenvalue weighted by Crippen LogP contribution is 2.26. The van der Waals surface area contributed by atoms with Crippen LogP contribution in [0.3, 0.4) is 0 Å². The zero-order chi connectivity index (χ0) is 13.8. The molecule has 0 spiro atoms. The molecule has 1 aromatic rings. The summed E-state index contributed by atoms with van der Waals surface area (Å²) in [4.78, 5) is 9.14. The average Bonchev–Trinajstić information content (AvgIpc) is 2.27. The van der Waals surface area contributed by atoms with Crippen LogP contribution in [0.1, 0.15) is 51.3 Å². The number of hydrogen-bond acceptors (Lipinski definition) is 4. The molecule has 0 saturated carbocycles. The molecule has 4 heteroatoms. The molecule has 2 unspecified atom stereocenters. The summed E-state index contributed by atoms with van der Waals surface area (Å²) >= 11 is 0. The Balaban J connectivity index is 3.11. The van der Waals surface area contributed by atoms with E-state index in [1.165, 1.54) is 0 Å². The van der Waals surface area contributed by atoms with Crippen LogP contribution in [0.15, 0.2) is 6.07 Å². The highest BCUT2D eigenvalue weighted by Gasteiger charge is 2.28. The maximum absolute atomic E-state index is 5.83. The van der Waals surface area contributed by atoms with Gasteiger partial charge in [0.25, 0.3) is 0 Å². The van der Waals surface area contributed by atoms with Crippen molar-refractivity contribution in [2.75, 3.05) is 6.61 Å². The lowest BCUT2D eigenvalue weighted by atomic mass is 10.0. The summed E-state index contributed by atoms with van der Waals surface area (Å²) in [5.41, 5.74) is 7.38. The Hall–Kier alpha value is -1.00. The summed E-state index contributed by atoms with van der Waals surface area (Å²) < 4.78 is 5.82. The van der Waals surface area contributed by atoms with Crippen molar-refractivity contribution < 1.29 is 4.74 Å². The third kappa shape index (κ3) is 3.75. The largest absolute Gasteiger partial charge is 0.368 e. The fraction of sp³-hybridized carbons (Fsp3) is 0.714. The van der Waals surface area contributed by atoms with Gasteiger partial charge in [-0.2, -0.15) is 0 Å². The van der Waals surface area contributed by atoms with Gasteiger partial charge in [-0.05, 0) is 40.2 Å². The van der Waals surface area contributed by atoms with Gasteiger partial charge in [0.1, 0.15) is 5.60 Å². The molecule has 0 bridgehead atoms. The second kappa shape index (κ2) is 6.25. The van der Waals surface area contributed by atoms with Gasteiger partial charge in [-0.1, -0.05) is 6.92 Å². The van der Waals surface area contributed by atoms with Gasteiger partial charge >= 0.3 is 0 Å². The van der Waals surface area contributed by atoms with E-state index in [4.69, 9.17) is 10.5 Å². The second-order valence-electron chi connectivity index (χ2n) is 5.02. The van der Waals surface area contributed by atoms with E-state index in [2.05, 4.69) is 16.9 Å². The minimum atomic E-state index is -0.409. The van der Waals surface area contributed by atoms with E-state index in [1.807, 2.05) is 33.8 Å². The van der Waals surface area contributed by atoms with E-state index in [1.54, 1.807) is 0 Å². The molecule has 0 aliphatic rings. The first kappa shape index (κ1) is 15.1. The maximum atomic E-state index is 5.83. The molecule has 0 amide bonds. The molecule has 0 saturated heterocycles.